The highest BCUT2D eigenvalue weighted by molar-refractivity contribution is 5.92. The summed E-state index contributed by atoms with van der Waals surface area (Å²) in [5, 5.41) is 8.10. The van der Waals surface area contributed by atoms with Gasteiger partial charge in [-0.3, -0.25) is 9.48 Å². The standard InChI is InChI=1S/C17H18N4O2/c1-3-21-14(9-10-18-21)12-20(2)17(22)15-11-16(23-19-15)13-7-5-4-6-8-13/h4-11H,3,12H2,1-2H3. The van der Waals surface area contributed by atoms with Gasteiger partial charge in [-0.15, -0.1) is 0 Å². The van der Waals surface area contributed by atoms with Gasteiger partial charge in [-0.2, -0.15) is 5.10 Å². The average Bonchev–Trinajstić information content (AvgIpc) is 3.24. The van der Waals surface area contributed by atoms with E-state index >= 15 is 0 Å². The maximum atomic E-state index is 12.5. The smallest absolute Gasteiger partial charge is 0.276 e. The lowest BCUT2D eigenvalue weighted by Gasteiger charge is -2.16. The number of hydrogen-bond donors (Lipinski definition) is 0. The zero-order valence-electron chi connectivity index (χ0n) is 13.1. The number of benzene rings is 1. The van der Waals surface area contributed by atoms with Crippen molar-refractivity contribution in [2.45, 2.75) is 20.0 Å². The van der Waals surface area contributed by atoms with E-state index in [1.54, 1.807) is 24.2 Å². The van der Waals surface area contributed by atoms with Gasteiger partial charge in [-0.05, 0) is 13.0 Å². The molecule has 0 saturated carbocycles. The van der Waals surface area contributed by atoms with E-state index in [1.165, 1.54) is 0 Å². The fraction of sp³-hybridized carbons (Fsp3) is 0.235. The molecular formula is C17H18N4O2. The molecule has 0 aliphatic heterocycles. The number of aryl methyl sites for hydroxylation is 1. The summed E-state index contributed by atoms with van der Waals surface area (Å²) in [5.41, 5.74) is 2.18. The van der Waals surface area contributed by atoms with Gasteiger partial charge < -0.3 is 9.42 Å². The monoisotopic (exact) mass is 310 g/mol. The van der Waals surface area contributed by atoms with Crippen molar-refractivity contribution in [2.75, 3.05) is 7.05 Å². The molecule has 2 heterocycles. The number of amides is 1. The van der Waals surface area contributed by atoms with Crippen molar-refractivity contribution in [1.82, 2.24) is 19.8 Å². The second kappa shape index (κ2) is 6.48. The van der Waals surface area contributed by atoms with E-state index in [4.69, 9.17) is 4.52 Å². The molecule has 6 heteroatoms. The molecule has 3 rings (SSSR count). The van der Waals surface area contributed by atoms with E-state index in [-0.39, 0.29) is 5.91 Å². The number of hydrogen-bond acceptors (Lipinski definition) is 4. The molecule has 6 nitrogen and oxygen atoms in total. The molecule has 0 radical (unpaired) electrons. The van der Waals surface area contributed by atoms with Crippen molar-refractivity contribution in [3.63, 3.8) is 0 Å². The van der Waals surface area contributed by atoms with E-state index < -0.39 is 0 Å². The third-order valence-corrected chi connectivity index (χ3v) is 3.64. The Hall–Kier alpha value is -2.89. The first-order valence-electron chi connectivity index (χ1n) is 7.47. The van der Waals surface area contributed by atoms with Crippen LogP contribution in [0.1, 0.15) is 23.1 Å². The van der Waals surface area contributed by atoms with Gasteiger partial charge in [0.1, 0.15) is 0 Å². The van der Waals surface area contributed by atoms with Crippen molar-refractivity contribution in [2.24, 2.45) is 0 Å². The molecule has 0 aliphatic rings. The van der Waals surface area contributed by atoms with Gasteiger partial charge in [-0.25, -0.2) is 0 Å². The zero-order chi connectivity index (χ0) is 16.2. The van der Waals surface area contributed by atoms with Crippen molar-refractivity contribution in [3.05, 3.63) is 60.0 Å². The van der Waals surface area contributed by atoms with Crippen LogP contribution in [0.5, 0.6) is 0 Å². The molecule has 1 aromatic carbocycles. The van der Waals surface area contributed by atoms with Crippen molar-refractivity contribution in [1.29, 1.82) is 0 Å². The summed E-state index contributed by atoms with van der Waals surface area (Å²) >= 11 is 0. The SMILES string of the molecule is CCn1nccc1CN(C)C(=O)c1cc(-c2ccccc2)on1. The van der Waals surface area contributed by atoms with E-state index in [0.717, 1.165) is 17.8 Å². The Balaban J connectivity index is 1.74. The second-order valence-electron chi connectivity index (χ2n) is 5.24. The predicted octanol–water partition coefficient (Wildman–Crippen LogP) is 2.83. The number of rotatable bonds is 5. The van der Waals surface area contributed by atoms with E-state index in [2.05, 4.69) is 10.3 Å². The highest BCUT2D eigenvalue weighted by atomic mass is 16.5. The number of carbonyl (C=O) groups excluding carboxylic acids is 1. The number of nitrogens with zero attached hydrogens (tertiary/aromatic N) is 4. The molecule has 0 bridgehead atoms. The molecule has 1 amide bonds. The number of carbonyl (C=O) groups is 1. The minimum Gasteiger partial charge on any atom is -0.355 e. The Kier molecular flexibility index (Phi) is 4.23. The zero-order valence-corrected chi connectivity index (χ0v) is 13.1. The summed E-state index contributed by atoms with van der Waals surface area (Å²) in [6.45, 7) is 3.26. The molecule has 3 aromatic rings. The van der Waals surface area contributed by atoms with E-state index in [9.17, 15) is 4.79 Å². The fourth-order valence-corrected chi connectivity index (χ4v) is 2.40. The quantitative estimate of drug-likeness (QED) is 0.727. The lowest BCUT2D eigenvalue weighted by atomic mass is 10.1. The molecule has 118 valence electrons. The van der Waals surface area contributed by atoms with Crippen LogP contribution in [-0.4, -0.2) is 32.8 Å². The van der Waals surface area contributed by atoms with Gasteiger partial charge in [0.25, 0.3) is 5.91 Å². The highest BCUT2D eigenvalue weighted by Gasteiger charge is 2.18. The van der Waals surface area contributed by atoms with Gasteiger partial charge in [-0.1, -0.05) is 35.5 Å². The van der Waals surface area contributed by atoms with Crippen LogP contribution in [0.2, 0.25) is 0 Å². The normalized spacial score (nSPS) is 10.7. The Morgan fingerprint density at radius 3 is 2.78 bits per heavy atom. The van der Waals surface area contributed by atoms with Crippen LogP contribution >= 0.6 is 0 Å². The van der Waals surface area contributed by atoms with Crippen molar-refractivity contribution < 1.29 is 9.32 Å². The van der Waals surface area contributed by atoms with Crippen LogP contribution in [0.15, 0.2) is 53.2 Å². The summed E-state index contributed by atoms with van der Waals surface area (Å²) < 4.78 is 7.15. The summed E-state index contributed by atoms with van der Waals surface area (Å²) in [4.78, 5) is 14.1. The van der Waals surface area contributed by atoms with Crippen molar-refractivity contribution >= 4 is 5.91 Å². The molecule has 0 atom stereocenters. The Morgan fingerprint density at radius 2 is 2.04 bits per heavy atom. The molecule has 23 heavy (non-hydrogen) atoms. The topological polar surface area (TPSA) is 64.2 Å². The first-order valence-corrected chi connectivity index (χ1v) is 7.47. The molecule has 2 aromatic heterocycles. The Morgan fingerprint density at radius 1 is 1.26 bits per heavy atom. The van der Waals surface area contributed by atoms with Crippen LogP contribution in [0.4, 0.5) is 0 Å². The maximum absolute atomic E-state index is 12.5. The molecule has 0 fully saturated rings. The van der Waals surface area contributed by atoms with E-state index in [0.29, 0.717) is 18.0 Å². The van der Waals surface area contributed by atoms with Gasteiger partial charge in [0.05, 0.1) is 12.2 Å². The van der Waals surface area contributed by atoms with Crippen LogP contribution in [-0.2, 0) is 13.1 Å². The second-order valence-corrected chi connectivity index (χ2v) is 5.24. The molecule has 0 saturated heterocycles. The van der Waals surface area contributed by atoms with Gasteiger partial charge in [0, 0.05) is 31.4 Å². The Labute approximate surface area is 134 Å². The Bertz CT molecular complexity index is 792. The molecule has 0 N–H and O–H groups in total. The molecule has 0 aliphatic carbocycles. The van der Waals surface area contributed by atoms with Gasteiger partial charge >= 0.3 is 0 Å². The van der Waals surface area contributed by atoms with Gasteiger partial charge in [0.2, 0.25) is 0 Å². The number of aromatic nitrogens is 3. The third kappa shape index (κ3) is 3.15. The lowest BCUT2D eigenvalue weighted by Crippen LogP contribution is -2.27. The van der Waals surface area contributed by atoms with E-state index in [1.807, 2.05) is 48.0 Å². The average molecular weight is 310 g/mol. The third-order valence-electron chi connectivity index (χ3n) is 3.64. The highest BCUT2D eigenvalue weighted by Crippen LogP contribution is 2.20. The summed E-state index contributed by atoms with van der Waals surface area (Å²) in [6.07, 6.45) is 1.74. The largest absolute Gasteiger partial charge is 0.355 e. The summed E-state index contributed by atoms with van der Waals surface area (Å²) in [5.74, 6) is 0.403. The van der Waals surface area contributed by atoms with Crippen LogP contribution in [0, 0.1) is 0 Å². The summed E-state index contributed by atoms with van der Waals surface area (Å²) in [7, 11) is 1.74. The first kappa shape index (κ1) is 15.0. The molecule has 0 unspecified atom stereocenters. The first-order chi connectivity index (χ1) is 11.2. The van der Waals surface area contributed by atoms with Gasteiger partial charge in [0.15, 0.2) is 11.5 Å². The molecular weight excluding hydrogens is 292 g/mol. The minimum atomic E-state index is -0.181. The minimum absolute atomic E-state index is 0.181. The maximum Gasteiger partial charge on any atom is 0.276 e. The van der Waals surface area contributed by atoms with Crippen LogP contribution in [0.3, 0.4) is 0 Å². The fourth-order valence-electron chi connectivity index (χ4n) is 2.40. The van der Waals surface area contributed by atoms with Crippen LogP contribution in [0.25, 0.3) is 11.3 Å². The summed E-state index contributed by atoms with van der Waals surface area (Å²) in [6, 6.07) is 13.2. The van der Waals surface area contributed by atoms with Crippen molar-refractivity contribution in [3.8, 4) is 11.3 Å². The van der Waals surface area contributed by atoms with Crippen LogP contribution < -0.4 is 0 Å². The lowest BCUT2D eigenvalue weighted by molar-refractivity contribution is 0.0771. The molecule has 0 spiro atoms. The predicted molar refractivity (Wildman–Crippen MR) is 85.6 cm³/mol.